The van der Waals surface area contributed by atoms with Gasteiger partial charge in [-0.1, -0.05) is 103 Å². The zero-order valence-electron chi connectivity index (χ0n) is 24.1. The van der Waals surface area contributed by atoms with Gasteiger partial charge in [0.25, 0.3) is 0 Å². The minimum Gasteiger partial charge on any atom is -0.244 e. The molecule has 9 aromatic rings. The number of nitrogens with zero attached hydrogens (tertiary/aromatic N) is 4. The van der Waals surface area contributed by atoms with Crippen molar-refractivity contribution < 1.29 is 0 Å². The molecule has 0 aliphatic heterocycles. The molecule has 0 aliphatic carbocycles. The van der Waals surface area contributed by atoms with E-state index in [-0.39, 0.29) is 0 Å². The highest BCUT2D eigenvalue weighted by Crippen LogP contribution is 2.37. The molecule has 0 N–H and O–H groups in total. The second-order valence-corrected chi connectivity index (χ2v) is 12.2. The Morgan fingerprint density at radius 1 is 0.378 bits per heavy atom. The Morgan fingerprint density at radius 3 is 2.00 bits per heavy atom. The van der Waals surface area contributed by atoms with Crippen molar-refractivity contribution in [2.75, 3.05) is 0 Å². The van der Waals surface area contributed by atoms with Crippen molar-refractivity contribution in [3.63, 3.8) is 0 Å². The summed E-state index contributed by atoms with van der Waals surface area (Å²) in [6.07, 6.45) is 0. The van der Waals surface area contributed by atoms with Crippen LogP contribution in [0.4, 0.5) is 0 Å². The molecule has 45 heavy (non-hydrogen) atoms. The highest BCUT2D eigenvalue weighted by atomic mass is 32.1. The van der Waals surface area contributed by atoms with Gasteiger partial charge in [0.1, 0.15) is 5.69 Å². The molecule has 0 atom stereocenters. The second-order valence-electron chi connectivity index (χ2n) is 11.1. The van der Waals surface area contributed by atoms with E-state index in [4.69, 9.17) is 19.9 Å². The van der Waals surface area contributed by atoms with E-state index in [2.05, 4.69) is 115 Å². The molecule has 4 nitrogen and oxygen atoms in total. The topological polar surface area (TPSA) is 51.6 Å². The van der Waals surface area contributed by atoms with Crippen molar-refractivity contribution in [1.82, 2.24) is 19.9 Å². The normalized spacial score (nSPS) is 11.6. The Morgan fingerprint density at radius 2 is 1.09 bits per heavy atom. The van der Waals surface area contributed by atoms with E-state index in [1.807, 2.05) is 30.3 Å². The predicted octanol–water partition coefficient (Wildman–Crippen LogP) is 10.6. The standard InChI is InChI=1S/C40H24N4S/c1-2-9-25(10-3-1)30-14-8-12-27-23-28(17-20-31(27)30)38-42-39(29-19-22-37-33(24-29)32-13-5-7-16-36(32)45-37)44-40(43-38)35-21-18-26-11-4-6-15-34(26)41-35/h1-24H. The van der Waals surface area contributed by atoms with Gasteiger partial charge in [-0.15, -0.1) is 11.3 Å². The summed E-state index contributed by atoms with van der Waals surface area (Å²) >= 11 is 1.80. The van der Waals surface area contributed by atoms with E-state index in [1.165, 1.54) is 36.7 Å². The Hall–Kier alpha value is -5.78. The van der Waals surface area contributed by atoms with Crippen molar-refractivity contribution in [2.24, 2.45) is 0 Å². The molecule has 9 rings (SSSR count). The molecule has 0 saturated heterocycles. The molecule has 0 amide bonds. The van der Waals surface area contributed by atoms with E-state index in [9.17, 15) is 0 Å². The van der Waals surface area contributed by atoms with E-state index in [0.29, 0.717) is 23.2 Å². The van der Waals surface area contributed by atoms with Crippen LogP contribution in [0.15, 0.2) is 146 Å². The minimum absolute atomic E-state index is 0.550. The number of hydrogen-bond acceptors (Lipinski definition) is 5. The summed E-state index contributed by atoms with van der Waals surface area (Å²) in [4.78, 5) is 20.0. The number of fused-ring (bicyclic) bond motifs is 5. The number of pyridine rings is 1. The van der Waals surface area contributed by atoms with Crippen LogP contribution in [0.2, 0.25) is 0 Å². The SMILES string of the molecule is c1ccc(-c2cccc3cc(-c4nc(-c5ccc6sc7ccccc7c6c5)nc(-c5ccc6ccccc6n5)n4)ccc23)cc1. The average molecular weight is 593 g/mol. The summed E-state index contributed by atoms with van der Waals surface area (Å²) in [7, 11) is 0. The number of benzene rings is 6. The lowest BCUT2D eigenvalue weighted by Gasteiger charge is -2.11. The molecule has 0 unspecified atom stereocenters. The maximum Gasteiger partial charge on any atom is 0.182 e. The Balaban J connectivity index is 1.24. The molecule has 5 heteroatoms. The van der Waals surface area contributed by atoms with Crippen LogP contribution in [0, 0.1) is 0 Å². The van der Waals surface area contributed by atoms with Gasteiger partial charge in [0.2, 0.25) is 0 Å². The first-order valence-electron chi connectivity index (χ1n) is 14.9. The Labute approximate surface area is 263 Å². The van der Waals surface area contributed by atoms with Gasteiger partial charge in [0.15, 0.2) is 17.5 Å². The first-order valence-corrected chi connectivity index (χ1v) is 15.7. The first-order chi connectivity index (χ1) is 22.3. The van der Waals surface area contributed by atoms with Crippen molar-refractivity contribution in [3.8, 4) is 45.4 Å². The van der Waals surface area contributed by atoms with Gasteiger partial charge < -0.3 is 0 Å². The smallest absolute Gasteiger partial charge is 0.182 e. The van der Waals surface area contributed by atoms with Crippen molar-refractivity contribution in [1.29, 1.82) is 0 Å². The van der Waals surface area contributed by atoms with Crippen molar-refractivity contribution in [2.45, 2.75) is 0 Å². The van der Waals surface area contributed by atoms with Crippen LogP contribution in [0.25, 0.3) is 87.3 Å². The molecular weight excluding hydrogens is 569 g/mol. The van der Waals surface area contributed by atoms with Crippen LogP contribution in [-0.4, -0.2) is 19.9 Å². The van der Waals surface area contributed by atoms with E-state index in [1.54, 1.807) is 11.3 Å². The zero-order chi connectivity index (χ0) is 29.7. The second kappa shape index (κ2) is 10.4. The van der Waals surface area contributed by atoms with Gasteiger partial charge in [-0.2, -0.15) is 0 Å². The molecule has 3 heterocycles. The molecular formula is C40H24N4S. The summed E-state index contributed by atoms with van der Waals surface area (Å²) in [5.41, 5.74) is 5.90. The molecule has 3 aromatic heterocycles. The maximum absolute atomic E-state index is 5.07. The highest BCUT2D eigenvalue weighted by Gasteiger charge is 2.16. The number of rotatable bonds is 4. The molecule has 0 bridgehead atoms. The summed E-state index contributed by atoms with van der Waals surface area (Å²) in [5.74, 6) is 1.79. The Bertz CT molecular complexity index is 2550. The number of thiophene rings is 1. The lowest BCUT2D eigenvalue weighted by molar-refractivity contribution is 1.06. The maximum atomic E-state index is 5.07. The number of hydrogen-bond donors (Lipinski definition) is 0. The summed E-state index contributed by atoms with van der Waals surface area (Å²) in [6.45, 7) is 0. The van der Waals surface area contributed by atoms with Gasteiger partial charge in [0.05, 0.1) is 5.52 Å². The molecule has 0 aliphatic rings. The minimum atomic E-state index is 0.550. The lowest BCUT2D eigenvalue weighted by atomic mass is 9.97. The van der Waals surface area contributed by atoms with Gasteiger partial charge >= 0.3 is 0 Å². The van der Waals surface area contributed by atoms with Crippen LogP contribution < -0.4 is 0 Å². The van der Waals surface area contributed by atoms with Gasteiger partial charge in [-0.3, -0.25) is 0 Å². The van der Waals surface area contributed by atoms with Crippen LogP contribution in [0.1, 0.15) is 0 Å². The molecule has 210 valence electrons. The van der Waals surface area contributed by atoms with Crippen molar-refractivity contribution >= 4 is 53.2 Å². The third-order valence-electron chi connectivity index (χ3n) is 8.32. The van der Waals surface area contributed by atoms with Crippen LogP contribution >= 0.6 is 11.3 Å². The molecule has 0 saturated carbocycles. The van der Waals surface area contributed by atoms with Crippen LogP contribution in [0.3, 0.4) is 0 Å². The summed E-state index contributed by atoms with van der Waals surface area (Å²) < 4.78 is 2.52. The average Bonchev–Trinajstić information content (AvgIpc) is 3.49. The van der Waals surface area contributed by atoms with Gasteiger partial charge in [0, 0.05) is 36.7 Å². The number of aromatic nitrogens is 4. The highest BCUT2D eigenvalue weighted by molar-refractivity contribution is 7.25. The monoisotopic (exact) mass is 592 g/mol. The molecule has 0 fully saturated rings. The van der Waals surface area contributed by atoms with Crippen molar-refractivity contribution in [3.05, 3.63) is 146 Å². The predicted molar refractivity (Wildman–Crippen MR) is 187 cm³/mol. The molecule has 0 radical (unpaired) electrons. The van der Waals surface area contributed by atoms with Crippen LogP contribution in [-0.2, 0) is 0 Å². The van der Waals surface area contributed by atoms with Gasteiger partial charge in [-0.25, -0.2) is 19.9 Å². The largest absolute Gasteiger partial charge is 0.244 e. The third kappa shape index (κ3) is 4.53. The first kappa shape index (κ1) is 25.7. The van der Waals surface area contributed by atoms with Crippen LogP contribution in [0.5, 0.6) is 0 Å². The molecule has 0 spiro atoms. The zero-order valence-corrected chi connectivity index (χ0v) is 24.9. The fraction of sp³-hybridized carbons (Fsp3) is 0. The fourth-order valence-electron chi connectivity index (χ4n) is 6.10. The van der Waals surface area contributed by atoms with Gasteiger partial charge in [-0.05, 0) is 64.4 Å². The Kier molecular flexibility index (Phi) is 5.96. The summed E-state index contributed by atoms with van der Waals surface area (Å²) in [5, 5.41) is 5.85. The quantitative estimate of drug-likeness (QED) is 0.204. The third-order valence-corrected chi connectivity index (χ3v) is 9.47. The van der Waals surface area contributed by atoms with E-state index >= 15 is 0 Å². The number of para-hydroxylation sites is 1. The van der Waals surface area contributed by atoms with E-state index < -0.39 is 0 Å². The lowest BCUT2D eigenvalue weighted by Crippen LogP contribution is -2.01. The fourth-order valence-corrected chi connectivity index (χ4v) is 7.18. The molecule has 6 aromatic carbocycles. The van der Waals surface area contributed by atoms with E-state index in [0.717, 1.165) is 27.4 Å². The summed E-state index contributed by atoms with van der Waals surface area (Å²) in [6, 6.07) is 50.6.